The number of nitrogens with two attached hydrogens (primary N) is 1. The lowest BCUT2D eigenvalue weighted by molar-refractivity contribution is -0.119. The van der Waals surface area contributed by atoms with Crippen molar-refractivity contribution >= 4 is 38.3 Å². The van der Waals surface area contributed by atoms with E-state index in [4.69, 9.17) is 17.3 Å². The maximum atomic E-state index is 13.1. The minimum absolute atomic E-state index is 0.0365. The van der Waals surface area contributed by atoms with Gasteiger partial charge in [-0.1, -0.05) is 23.7 Å². The first kappa shape index (κ1) is 19.4. The van der Waals surface area contributed by atoms with Crippen molar-refractivity contribution < 1.29 is 18.0 Å². The molecule has 0 spiro atoms. The van der Waals surface area contributed by atoms with Gasteiger partial charge in [-0.3, -0.25) is 9.59 Å². The summed E-state index contributed by atoms with van der Waals surface area (Å²) in [5.41, 5.74) is 5.13. The van der Waals surface area contributed by atoms with Crippen LogP contribution < -0.4 is 11.1 Å². The molecule has 7 nitrogen and oxygen atoms in total. The van der Waals surface area contributed by atoms with Crippen LogP contribution in [-0.4, -0.2) is 43.2 Å². The molecule has 9 heteroatoms. The Bertz CT molecular complexity index is 845. The number of hydrogen-bond donors (Lipinski definition) is 2. The van der Waals surface area contributed by atoms with Gasteiger partial charge in [-0.15, -0.1) is 0 Å². The zero-order valence-corrected chi connectivity index (χ0v) is 15.7. The van der Waals surface area contributed by atoms with Gasteiger partial charge in [0.15, 0.2) is 0 Å². The van der Waals surface area contributed by atoms with Crippen molar-refractivity contribution in [3.8, 4) is 0 Å². The van der Waals surface area contributed by atoms with E-state index >= 15 is 0 Å². The fraction of sp³-hybridized carbons (Fsp3) is 0.375. The smallest absolute Gasteiger partial charge is 0.245 e. The topological polar surface area (TPSA) is 110 Å². The molecule has 3 N–H and O–H groups in total. The van der Waals surface area contributed by atoms with Crippen LogP contribution in [0, 0.1) is 0 Å². The third kappa shape index (κ3) is 3.70. The van der Waals surface area contributed by atoms with Crippen LogP contribution in [0.2, 0.25) is 5.02 Å². The van der Waals surface area contributed by atoms with E-state index in [9.17, 15) is 18.0 Å². The lowest BCUT2D eigenvalue weighted by Gasteiger charge is -2.31. The number of carbonyl (C=O) groups is 2. The van der Waals surface area contributed by atoms with E-state index in [1.165, 1.54) is 6.92 Å². The summed E-state index contributed by atoms with van der Waals surface area (Å²) in [5.74, 6) is -1.04. The summed E-state index contributed by atoms with van der Waals surface area (Å²) in [4.78, 5) is 22.8. The SMILES string of the molecule is CC(=O)NCC1=C(c2ccc(Cl)cc2)S(=O)(=O)N(CC(N)=O)C1(C)C. The fourth-order valence-electron chi connectivity index (χ4n) is 2.85. The molecular formula is C16H20ClN3O4S. The van der Waals surface area contributed by atoms with E-state index in [0.29, 0.717) is 16.2 Å². The van der Waals surface area contributed by atoms with Gasteiger partial charge in [0.1, 0.15) is 0 Å². The van der Waals surface area contributed by atoms with Gasteiger partial charge in [0, 0.05) is 18.5 Å². The highest BCUT2D eigenvalue weighted by Crippen LogP contribution is 2.44. The number of nitrogens with one attached hydrogen (secondary N) is 1. The molecule has 136 valence electrons. The lowest BCUT2D eigenvalue weighted by Crippen LogP contribution is -2.48. The first-order chi connectivity index (χ1) is 11.5. The van der Waals surface area contributed by atoms with Gasteiger partial charge in [-0.25, -0.2) is 8.42 Å². The molecular weight excluding hydrogens is 366 g/mol. The molecule has 0 aromatic heterocycles. The van der Waals surface area contributed by atoms with Crippen molar-refractivity contribution in [1.29, 1.82) is 0 Å². The van der Waals surface area contributed by atoms with E-state index in [2.05, 4.69) is 5.32 Å². The molecule has 2 amide bonds. The lowest BCUT2D eigenvalue weighted by atomic mass is 9.91. The summed E-state index contributed by atoms with van der Waals surface area (Å²) in [7, 11) is -3.98. The Morgan fingerprint density at radius 1 is 1.24 bits per heavy atom. The Kier molecular flexibility index (Phi) is 5.27. The standard InChI is InChI=1S/C16H20ClN3O4S/c1-10(21)19-8-13-15(11-4-6-12(17)7-5-11)25(23,24)20(9-14(18)22)16(13,2)3/h4-7H,8-9H2,1-3H3,(H2,18,22)(H,19,21). The number of carbonyl (C=O) groups excluding carboxylic acids is 2. The molecule has 0 radical (unpaired) electrons. The molecule has 1 aliphatic heterocycles. The molecule has 2 rings (SSSR count). The van der Waals surface area contributed by atoms with E-state index in [1.54, 1.807) is 38.1 Å². The van der Waals surface area contributed by atoms with Gasteiger partial charge in [0.25, 0.3) is 0 Å². The van der Waals surface area contributed by atoms with E-state index in [-0.39, 0.29) is 17.4 Å². The average molecular weight is 386 g/mol. The van der Waals surface area contributed by atoms with Crippen molar-refractivity contribution in [3.63, 3.8) is 0 Å². The Hall–Kier alpha value is -1.90. The molecule has 1 heterocycles. The number of rotatable bonds is 5. The predicted molar refractivity (Wildman–Crippen MR) is 96.0 cm³/mol. The van der Waals surface area contributed by atoms with Crippen LogP contribution in [-0.2, 0) is 19.6 Å². The van der Waals surface area contributed by atoms with Crippen LogP contribution >= 0.6 is 11.6 Å². The summed E-state index contributed by atoms with van der Waals surface area (Å²) in [6, 6.07) is 6.35. The summed E-state index contributed by atoms with van der Waals surface area (Å²) in [5, 5.41) is 3.10. The number of nitrogens with zero attached hydrogens (tertiary/aromatic N) is 1. The minimum atomic E-state index is -3.98. The summed E-state index contributed by atoms with van der Waals surface area (Å²) >= 11 is 5.89. The summed E-state index contributed by atoms with van der Waals surface area (Å²) in [6.07, 6.45) is 0. The molecule has 1 aromatic carbocycles. The van der Waals surface area contributed by atoms with Gasteiger partial charge < -0.3 is 11.1 Å². The molecule has 1 aromatic rings. The van der Waals surface area contributed by atoms with Crippen LogP contribution in [0.3, 0.4) is 0 Å². The molecule has 0 bridgehead atoms. The average Bonchev–Trinajstić information content (AvgIpc) is 2.62. The van der Waals surface area contributed by atoms with Crippen molar-refractivity contribution in [2.24, 2.45) is 5.73 Å². The number of sulfonamides is 1. The molecule has 0 unspecified atom stereocenters. The van der Waals surface area contributed by atoms with Gasteiger partial charge >= 0.3 is 0 Å². The highest BCUT2D eigenvalue weighted by atomic mass is 35.5. The maximum Gasteiger partial charge on any atom is 0.245 e. The molecule has 0 saturated carbocycles. The van der Waals surface area contributed by atoms with Crippen LogP contribution in [0.25, 0.3) is 4.91 Å². The third-order valence-electron chi connectivity index (χ3n) is 4.10. The summed E-state index contributed by atoms with van der Waals surface area (Å²) in [6.45, 7) is 4.28. The van der Waals surface area contributed by atoms with Gasteiger partial charge in [0.05, 0.1) is 17.0 Å². The quantitative estimate of drug-likeness (QED) is 0.790. The highest BCUT2D eigenvalue weighted by molar-refractivity contribution is 7.98. The third-order valence-corrected chi connectivity index (χ3v) is 6.52. The van der Waals surface area contributed by atoms with Crippen molar-refractivity contribution in [3.05, 3.63) is 40.4 Å². The number of benzene rings is 1. The van der Waals surface area contributed by atoms with Crippen LogP contribution in [0.1, 0.15) is 26.3 Å². The second kappa shape index (κ2) is 6.78. The second-order valence-corrected chi connectivity index (χ2v) is 8.50. The fourth-order valence-corrected chi connectivity index (χ4v) is 5.27. The number of hydrogen-bond acceptors (Lipinski definition) is 4. The Labute approximate surface area is 151 Å². The number of amides is 2. The highest BCUT2D eigenvalue weighted by Gasteiger charge is 2.50. The van der Waals surface area contributed by atoms with Crippen molar-refractivity contribution in [1.82, 2.24) is 9.62 Å². The van der Waals surface area contributed by atoms with Crippen molar-refractivity contribution in [2.75, 3.05) is 13.1 Å². The molecule has 0 fully saturated rings. The van der Waals surface area contributed by atoms with E-state index in [0.717, 1.165) is 4.31 Å². The van der Waals surface area contributed by atoms with Gasteiger partial charge in [-0.2, -0.15) is 4.31 Å². The van der Waals surface area contributed by atoms with Crippen LogP contribution in [0.5, 0.6) is 0 Å². The van der Waals surface area contributed by atoms with Gasteiger partial charge in [0.2, 0.25) is 21.8 Å². The number of halogens is 1. The molecule has 0 saturated heterocycles. The predicted octanol–water partition coefficient (Wildman–Crippen LogP) is 1.10. The summed E-state index contributed by atoms with van der Waals surface area (Å²) < 4.78 is 27.3. The first-order valence-corrected chi connectivity index (χ1v) is 9.35. The Morgan fingerprint density at radius 3 is 2.28 bits per heavy atom. The van der Waals surface area contributed by atoms with Crippen LogP contribution in [0.15, 0.2) is 29.8 Å². The Morgan fingerprint density at radius 2 is 1.80 bits per heavy atom. The van der Waals surface area contributed by atoms with E-state index < -0.39 is 28.0 Å². The first-order valence-electron chi connectivity index (χ1n) is 7.53. The maximum absolute atomic E-state index is 13.1. The van der Waals surface area contributed by atoms with Crippen LogP contribution in [0.4, 0.5) is 0 Å². The minimum Gasteiger partial charge on any atom is -0.369 e. The van der Waals surface area contributed by atoms with Crippen molar-refractivity contribution in [2.45, 2.75) is 26.3 Å². The second-order valence-electron chi connectivity index (χ2n) is 6.26. The molecule has 1 aliphatic rings. The van der Waals surface area contributed by atoms with E-state index in [1.807, 2.05) is 0 Å². The molecule has 0 atom stereocenters. The zero-order chi connectivity index (χ0) is 19.0. The largest absolute Gasteiger partial charge is 0.369 e. The normalized spacial score (nSPS) is 19.0. The molecule has 0 aliphatic carbocycles. The Balaban J connectivity index is 2.67. The monoisotopic (exact) mass is 385 g/mol. The van der Waals surface area contributed by atoms with Gasteiger partial charge in [-0.05, 0) is 37.1 Å². The zero-order valence-electron chi connectivity index (χ0n) is 14.2. The number of primary amides is 1. The molecule has 25 heavy (non-hydrogen) atoms.